The first-order chi connectivity index (χ1) is 16.4. The molecular formula is C30H32O4. The van der Waals surface area contributed by atoms with E-state index in [2.05, 4.69) is 19.9 Å². The van der Waals surface area contributed by atoms with Crippen LogP contribution in [0, 0.1) is 12.8 Å². The van der Waals surface area contributed by atoms with Crippen LogP contribution in [0.4, 0.5) is 0 Å². The summed E-state index contributed by atoms with van der Waals surface area (Å²) in [5, 5.41) is 0. The third kappa shape index (κ3) is 5.39. The Labute approximate surface area is 201 Å². The van der Waals surface area contributed by atoms with Gasteiger partial charge in [-0.05, 0) is 73.4 Å². The van der Waals surface area contributed by atoms with E-state index in [0.29, 0.717) is 28.5 Å². The maximum Gasteiger partial charge on any atom is 0.343 e. The minimum Gasteiger partial charge on any atom is -0.419 e. The number of esters is 2. The average molecular weight is 457 g/mol. The van der Waals surface area contributed by atoms with Crippen LogP contribution in [0.1, 0.15) is 82.9 Å². The van der Waals surface area contributed by atoms with Gasteiger partial charge in [0, 0.05) is 5.56 Å². The lowest BCUT2D eigenvalue weighted by Crippen LogP contribution is -2.17. The molecular weight excluding hydrogens is 424 g/mol. The second-order valence-electron chi connectivity index (χ2n) is 9.51. The zero-order chi connectivity index (χ0) is 24.1. The van der Waals surface area contributed by atoms with Gasteiger partial charge in [0.25, 0.3) is 0 Å². The summed E-state index contributed by atoms with van der Waals surface area (Å²) in [5.41, 5.74) is 3.91. The van der Waals surface area contributed by atoms with E-state index in [1.54, 1.807) is 36.4 Å². The molecule has 0 unspecified atom stereocenters. The molecule has 1 aliphatic rings. The smallest absolute Gasteiger partial charge is 0.343 e. The molecule has 0 amide bonds. The molecule has 0 aliphatic heterocycles. The molecule has 0 spiro atoms. The predicted octanol–water partition coefficient (Wildman–Crippen LogP) is 7.29. The van der Waals surface area contributed by atoms with E-state index < -0.39 is 11.9 Å². The summed E-state index contributed by atoms with van der Waals surface area (Å²) in [4.78, 5) is 26.2. The Kier molecular flexibility index (Phi) is 7.46. The number of aryl methyl sites for hydroxylation is 1. The molecule has 0 radical (unpaired) electrons. The number of ether oxygens (including phenoxy) is 2. The van der Waals surface area contributed by atoms with Crippen LogP contribution in [0.2, 0.25) is 0 Å². The fourth-order valence-corrected chi connectivity index (χ4v) is 4.80. The van der Waals surface area contributed by atoms with E-state index in [9.17, 15) is 9.59 Å². The van der Waals surface area contributed by atoms with Gasteiger partial charge in [0.1, 0.15) is 0 Å². The van der Waals surface area contributed by atoms with Gasteiger partial charge in [-0.3, -0.25) is 0 Å². The quantitative estimate of drug-likeness (QED) is 0.277. The number of hydrogen-bond acceptors (Lipinski definition) is 4. The molecule has 4 rings (SSSR count). The van der Waals surface area contributed by atoms with E-state index in [-0.39, 0.29) is 5.92 Å². The summed E-state index contributed by atoms with van der Waals surface area (Å²) >= 11 is 0. The van der Waals surface area contributed by atoms with Crippen molar-refractivity contribution in [1.29, 1.82) is 0 Å². The van der Waals surface area contributed by atoms with Gasteiger partial charge in [0.15, 0.2) is 11.5 Å². The Morgan fingerprint density at radius 1 is 0.824 bits per heavy atom. The SMILES string of the molecule is Cc1cc(CC(C)C)c(C2CCCC2)c(OC(=O)c2ccccc2)c1OC(=O)c1ccccc1. The Bertz CT molecular complexity index is 1140. The Morgan fingerprint density at radius 2 is 1.32 bits per heavy atom. The van der Waals surface area contributed by atoms with Crippen LogP contribution < -0.4 is 9.47 Å². The zero-order valence-corrected chi connectivity index (χ0v) is 20.2. The monoisotopic (exact) mass is 456 g/mol. The van der Waals surface area contributed by atoms with Crippen LogP contribution >= 0.6 is 0 Å². The maximum atomic E-state index is 13.2. The van der Waals surface area contributed by atoms with Crippen LogP contribution in [0.5, 0.6) is 11.5 Å². The number of carbonyl (C=O) groups excluding carboxylic acids is 2. The van der Waals surface area contributed by atoms with Crippen molar-refractivity contribution in [3.8, 4) is 11.5 Å². The summed E-state index contributed by atoms with van der Waals surface area (Å²) in [6, 6.07) is 20.0. The van der Waals surface area contributed by atoms with Crippen molar-refractivity contribution in [2.24, 2.45) is 5.92 Å². The second-order valence-corrected chi connectivity index (χ2v) is 9.51. The van der Waals surface area contributed by atoms with Crippen molar-refractivity contribution in [1.82, 2.24) is 0 Å². The fraction of sp³-hybridized carbons (Fsp3) is 0.333. The summed E-state index contributed by atoms with van der Waals surface area (Å²) in [7, 11) is 0. The molecule has 3 aromatic carbocycles. The molecule has 1 fully saturated rings. The van der Waals surface area contributed by atoms with Gasteiger partial charge in [-0.15, -0.1) is 0 Å². The molecule has 0 atom stereocenters. The highest BCUT2D eigenvalue weighted by Gasteiger charge is 2.30. The summed E-state index contributed by atoms with van der Waals surface area (Å²) in [6.07, 6.45) is 5.23. The first-order valence-electron chi connectivity index (χ1n) is 12.1. The van der Waals surface area contributed by atoms with Gasteiger partial charge in [0.2, 0.25) is 0 Å². The zero-order valence-electron chi connectivity index (χ0n) is 20.2. The van der Waals surface area contributed by atoms with E-state index in [4.69, 9.17) is 9.47 Å². The van der Waals surface area contributed by atoms with Crippen molar-refractivity contribution in [3.63, 3.8) is 0 Å². The average Bonchev–Trinajstić information content (AvgIpc) is 3.36. The lowest BCUT2D eigenvalue weighted by atomic mass is 9.86. The topological polar surface area (TPSA) is 52.6 Å². The molecule has 0 heterocycles. The number of benzene rings is 3. The van der Waals surface area contributed by atoms with Crippen molar-refractivity contribution < 1.29 is 19.1 Å². The molecule has 1 saturated carbocycles. The first kappa shape index (κ1) is 23.7. The van der Waals surface area contributed by atoms with Gasteiger partial charge in [-0.1, -0.05) is 69.2 Å². The highest BCUT2D eigenvalue weighted by Crippen LogP contribution is 2.47. The lowest BCUT2D eigenvalue weighted by Gasteiger charge is -2.24. The molecule has 0 N–H and O–H groups in total. The fourth-order valence-electron chi connectivity index (χ4n) is 4.80. The van der Waals surface area contributed by atoms with Crippen molar-refractivity contribution in [3.05, 3.63) is 94.5 Å². The van der Waals surface area contributed by atoms with Crippen LogP contribution in [0.25, 0.3) is 0 Å². The van der Waals surface area contributed by atoms with Crippen molar-refractivity contribution in [2.75, 3.05) is 0 Å². The summed E-state index contributed by atoms with van der Waals surface area (Å²) < 4.78 is 12.0. The highest BCUT2D eigenvalue weighted by molar-refractivity contribution is 5.93. The minimum atomic E-state index is -0.463. The number of rotatable bonds is 7. The third-order valence-corrected chi connectivity index (χ3v) is 6.35. The van der Waals surface area contributed by atoms with E-state index in [1.165, 1.54) is 5.56 Å². The van der Waals surface area contributed by atoms with Gasteiger partial charge < -0.3 is 9.47 Å². The minimum absolute atomic E-state index is 0.280. The van der Waals surface area contributed by atoms with Gasteiger partial charge >= 0.3 is 11.9 Å². The maximum absolute atomic E-state index is 13.2. The third-order valence-electron chi connectivity index (χ3n) is 6.35. The molecule has 0 bridgehead atoms. The van der Waals surface area contributed by atoms with Crippen molar-refractivity contribution >= 4 is 11.9 Å². The normalized spacial score (nSPS) is 13.8. The second kappa shape index (κ2) is 10.7. The van der Waals surface area contributed by atoms with Crippen LogP contribution in [-0.2, 0) is 6.42 Å². The molecule has 0 aromatic heterocycles. The molecule has 1 aliphatic carbocycles. The largest absolute Gasteiger partial charge is 0.419 e. The van der Waals surface area contributed by atoms with Crippen LogP contribution in [0.3, 0.4) is 0 Å². The highest BCUT2D eigenvalue weighted by atomic mass is 16.6. The molecule has 176 valence electrons. The van der Waals surface area contributed by atoms with Crippen LogP contribution in [-0.4, -0.2) is 11.9 Å². The summed E-state index contributed by atoms with van der Waals surface area (Å²) in [6.45, 7) is 6.29. The molecule has 0 saturated heterocycles. The van der Waals surface area contributed by atoms with Gasteiger partial charge in [0.05, 0.1) is 11.1 Å². The molecule has 3 aromatic rings. The Morgan fingerprint density at radius 3 is 1.82 bits per heavy atom. The molecule has 34 heavy (non-hydrogen) atoms. The molecule has 4 heteroatoms. The Balaban J connectivity index is 1.83. The van der Waals surface area contributed by atoms with Gasteiger partial charge in [-0.25, -0.2) is 9.59 Å². The van der Waals surface area contributed by atoms with E-state index in [0.717, 1.165) is 43.2 Å². The van der Waals surface area contributed by atoms with Crippen LogP contribution in [0.15, 0.2) is 66.7 Å². The Hall–Kier alpha value is -3.40. The first-order valence-corrected chi connectivity index (χ1v) is 12.1. The molecule has 4 nitrogen and oxygen atoms in total. The lowest BCUT2D eigenvalue weighted by molar-refractivity contribution is 0.0679. The number of carbonyl (C=O) groups is 2. The number of hydrogen-bond donors (Lipinski definition) is 0. The summed E-state index contributed by atoms with van der Waals surface area (Å²) in [5.74, 6) is 0.554. The van der Waals surface area contributed by atoms with E-state index in [1.807, 2.05) is 31.2 Å². The van der Waals surface area contributed by atoms with E-state index >= 15 is 0 Å². The predicted molar refractivity (Wildman–Crippen MR) is 134 cm³/mol. The van der Waals surface area contributed by atoms with Gasteiger partial charge in [-0.2, -0.15) is 0 Å². The standard InChI is InChI=1S/C30H32O4/c1-20(2)18-25-19-21(3)27(33-29(31)23-14-6-4-7-15-23)28(26(25)22-12-10-11-13-22)34-30(32)24-16-8-5-9-17-24/h4-9,14-17,19-20,22H,10-13,18H2,1-3H3. The van der Waals surface area contributed by atoms with Crippen molar-refractivity contribution in [2.45, 2.75) is 58.8 Å².